The van der Waals surface area contributed by atoms with Gasteiger partial charge in [0.05, 0.1) is 28.4 Å². The molecule has 3 aromatic carbocycles. The Hall–Kier alpha value is -4.19. The van der Waals surface area contributed by atoms with Crippen LogP contribution in [0.3, 0.4) is 0 Å². The van der Waals surface area contributed by atoms with E-state index in [1.165, 1.54) is 65.1 Å². The van der Waals surface area contributed by atoms with Crippen LogP contribution in [0.2, 0.25) is 0 Å². The van der Waals surface area contributed by atoms with Gasteiger partial charge in [0, 0.05) is 18.7 Å². The molecule has 1 amide bonds. The van der Waals surface area contributed by atoms with Gasteiger partial charge in [-0.15, -0.1) is 13.2 Å². The van der Waals surface area contributed by atoms with E-state index in [0.29, 0.717) is 21.5 Å². The van der Waals surface area contributed by atoms with E-state index < -0.39 is 21.7 Å². The first-order valence-electron chi connectivity index (χ1n) is 11.7. The Kier molecular flexibility index (Phi) is 8.65. The first-order chi connectivity index (χ1) is 18.8. The zero-order chi connectivity index (χ0) is 28.0. The molecule has 0 unspecified atom stereocenters. The van der Waals surface area contributed by atoms with Crippen molar-refractivity contribution in [3.05, 3.63) is 109 Å². The maximum Gasteiger partial charge on any atom is 0.280 e. The number of fused-ring (bicyclic) bond motifs is 1. The standard InChI is InChI=1S/C28H25FN4O4S2/c1-4-16-32(17-5-2)39(35,36)24-13-8-21(9-14-24)27(34)33(30-19-20-6-11-23(37-3)12-7-20)28-31-25-15-10-22(29)18-26(25)38-28/h4-15,18-19H,1-2,16-17H2,3H3/b30-19+. The second-order valence-electron chi connectivity index (χ2n) is 8.17. The van der Waals surface area contributed by atoms with Crippen molar-refractivity contribution >= 4 is 48.8 Å². The largest absolute Gasteiger partial charge is 0.497 e. The summed E-state index contributed by atoms with van der Waals surface area (Å²) in [7, 11) is -2.27. The van der Waals surface area contributed by atoms with Crippen molar-refractivity contribution in [2.24, 2.45) is 5.10 Å². The Morgan fingerprint density at radius 2 is 1.72 bits per heavy atom. The predicted molar refractivity (Wildman–Crippen MR) is 153 cm³/mol. The van der Waals surface area contributed by atoms with E-state index in [0.717, 1.165) is 16.3 Å². The van der Waals surface area contributed by atoms with Gasteiger partial charge in [0.25, 0.3) is 5.91 Å². The van der Waals surface area contributed by atoms with Gasteiger partial charge in [-0.25, -0.2) is 17.8 Å². The molecule has 0 atom stereocenters. The predicted octanol–water partition coefficient (Wildman–Crippen LogP) is 5.49. The normalized spacial score (nSPS) is 11.7. The van der Waals surface area contributed by atoms with Gasteiger partial charge in [-0.1, -0.05) is 23.5 Å². The number of sulfonamides is 1. The van der Waals surface area contributed by atoms with Crippen LogP contribution in [0, 0.1) is 5.82 Å². The maximum atomic E-state index is 13.8. The van der Waals surface area contributed by atoms with Gasteiger partial charge in [-0.3, -0.25) is 4.79 Å². The van der Waals surface area contributed by atoms with Crippen LogP contribution in [0.1, 0.15) is 15.9 Å². The van der Waals surface area contributed by atoms with Crippen molar-refractivity contribution in [1.82, 2.24) is 9.29 Å². The lowest BCUT2D eigenvalue weighted by atomic mass is 10.2. The van der Waals surface area contributed by atoms with Crippen LogP contribution in [-0.4, -0.2) is 50.0 Å². The molecule has 1 aromatic heterocycles. The van der Waals surface area contributed by atoms with Crippen LogP contribution in [0.5, 0.6) is 5.75 Å². The number of thiazole rings is 1. The molecule has 8 nitrogen and oxygen atoms in total. The molecule has 0 radical (unpaired) electrons. The molecule has 0 spiro atoms. The maximum absolute atomic E-state index is 13.8. The summed E-state index contributed by atoms with van der Waals surface area (Å²) in [6, 6.07) is 16.8. The molecule has 0 aliphatic carbocycles. The van der Waals surface area contributed by atoms with Crippen LogP contribution < -0.4 is 9.75 Å². The van der Waals surface area contributed by atoms with Crippen LogP contribution in [-0.2, 0) is 10.0 Å². The number of carbonyl (C=O) groups is 1. The summed E-state index contributed by atoms with van der Waals surface area (Å²) in [5.74, 6) is -0.295. The zero-order valence-electron chi connectivity index (χ0n) is 21.0. The van der Waals surface area contributed by atoms with Crippen LogP contribution in [0.25, 0.3) is 10.2 Å². The number of ether oxygens (including phenoxy) is 1. The number of benzene rings is 3. The lowest BCUT2D eigenvalue weighted by Gasteiger charge is -2.19. The summed E-state index contributed by atoms with van der Waals surface area (Å²) in [6.07, 6.45) is 4.47. The molecule has 0 bridgehead atoms. The van der Waals surface area contributed by atoms with E-state index in [2.05, 4.69) is 23.2 Å². The van der Waals surface area contributed by atoms with Crippen molar-refractivity contribution < 1.29 is 22.3 Å². The van der Waals surface area contributed by atoms with Gasteiger partial charge in [0.1, 0.15) is 11.6 Å². The number of nitrogens with zero attached hydrogens (tertiary/aromatic N) is 4. The Bertz CT molecular complexity index is 1620. The second kappa shape index (κ2) is 12.1. The third-order valence-electron chi connectivity index (χ3n) is 5.56. The molecule has 1 heterocycles. The highest BCUT2D eigenvalue weighted by Crippen LogP contribution is 2.31. The summed E-state index contributed by atoms with van der Waals surface area (Å²) in [4.78, 5) is 18.1. The molecule has 0 aliphatic heterocycles. The number of hydrazone groups is 1. The smallest absolute Gasteiger partial charge is 0.280 e. The number of amides is 1. The number of rotatable bonds is 11. The van der Waals surface area contributed by atoms with Gasteiger partial charge >= 0.3 is 0 Å². The lowest BCUT2D eigenvalue weighted by molar-refractivity contribution is 0.0987. The fourth-order valence-corrected chi connectivity index (χ4v) is 5.91. The Balaban J connectivity index is 1.69. The highest BCUT2D eigenvalue weighted by molar-refractivity contribution is 7.89. The lowest BCUT2D eigenvalue weighted by Crippen LogP contribution is -2.31. The number of halogens is 1. The fraction of sp³-hybridized carbons (Fsp3) is 0.107. The summed E-state index contributed by atoms with van der Waals surface area (Å²) in [6.45, 7) is 7.44. The molecule has 4 aromatic rings. The Morgan fingerprint density at radius 3 is 2.33 bits per heavy atom. The minimum Gasteiger partial charge on any atom is -0.497 e. The van der Waals surface area contributed by atoms with Crippen molar-refractivity contribution in [2.75, 3.05) is 25.2 Å². The zero-order valence-corrected chi connectivity index (χ0v) is 22.7. The molecule has 0 fully saturated rings. The van der Waals surface area contributed by atoms with E-state index in [-0.39, 0.29) is 28.7 Å². The second-order valence-corrected chi connectivity index (χ2v) is 11.1. The average molecular weight is 565 g/mol. The summed E-state index contributed by atoms with van der Waals surface area (Å²) < 4.78 is 46.8. The van der Waals surface area contributed by atoms with E-state index >= 15 is 0 Å². The molecular formula is C28H25FN4O4S2. The number of hydrogen-bond acceptors (Lipinski definition) is 7. The highest BCUT2D eigenvalue weighted by Gasteiger charge is 2.25. The van der Waals surface area contributed by atoms with E-state index in [1.54, 1.807) is 31.4 Å². The Morgan fingerprint density at radius 1 is 1.05 bits per heavy atom. The molecule has 0 N–H and O–H groups in total. The molecule has 11 heteroatoms. The summed E-state index contributed by atoms with van der Waals surface area (Å²) in [5.41, 5.74) is 1.40. The van der Waals surface area contributed by atoms with Crippen LogP contribution in [0.15, 0.2) is 102 Å². The van der Waals surface area contributed by atoms with Gasteiger partial charge in [0.15, 0.2) is 0 Å². The number of carbonyl (C=O) groups excluding carboxylic acids is 1. The van der Waals surface area contributed by atoms with Crippen molar-refractivity contribution in [2.45, 2.75) is 4.90 Å². The minimum absolute atomic E-state index is 0.0199. The van der Waals surface area contributed by atoms with Crippen LogP contribution >= 0.6 is 11.3 Å². The van der Waals surface area contributed by atoms with Crippen LogP contribution in [0.4, 0.5) is 9.52 Å². The molecule has 0 saturated heterocycles. The van der Waals surface area contributed by atoms with Crippen molar-refractivity contribution in [1.29, 1.82) is 0 Å². The number of hydrogen-bond donors (Lipinski definition) is 0. The monoisotopic (exact) mass is 564 g/mol. The third-order valence-corrected chi connectivity index (χ3v) is 8.39. The SMILES string of the molecule is C=CCN(CC=C)S(=O)(=O)c1ccc(C(=O)N(/N=C/c2ccc(OC)cc2)c2nc3ccc(F)cc3s2)cc1. The van der Waals surface area contributed by atoms with Gasteiger partial charge < -0.3 is 4.74 Å². The fourth-order valence-electron chi connectivity index (χ4n) is 3.58. The molecule has 200 valence electrons. The van der Waals surface area contributed by atoms with Crippen molar-refractivity contribution in [3.63, 3.8) is 0 Å². The van der Waals surface area contributed by atoms with Gasteiger partial charge in [-0.2, -0.15) is 14.4 Å². The van der Waals surface area contributed by atoms with E-state index in [4.69, 9.17) is 4.74 Å². The molecule has 4 rings (SSSR count). The van der Waals surface area contributed by atoms with E-state index in [1.807, 2.05) is 0 Å². The first-order valence-corrected chi connectivity index (χ1v) is 13.9. The number of anilines is 1. The molecule has 0 aliphatic rings. The number of methoxy groups -OCH3 is 1. The number of aromatic nitrogens is 1. The topological polar surface area (TPSA) is 92.2 Å². The highest BCUT2D eigenvalue weighted by atomic mass is 32.2. The third kappa shape index (κ3) is 6.28. The van der Waals surface area contributed by atoms with Crippen molar-refractivity contribution in [3.8, 4) is 5.75 Å². The summed E-state index contributed by atoms with van der Waals surface area (Å²) >= 11 is 1.10. The first kappa shape index (κ1) is 27.8. The Labute approximate surface area is 230 Å². The molecular weight excluding hydrogens is 539 g/mol. The quantitative estimate of drug-likeness (QED) is 0.137. The van der Waals surface area contributed by atoms with E-state index in [9.17, 15) is 17.6 Å². The van der Waals surface area contributed by atoms with Gasteiger partial charge in [0.2, 0.25) is 15.2 Å². The van der Waals surface area contributed by atoms with Gasteiger partial charge in [-0.05, 0) is 72.3 Å². The molecule has 0 saturated carbocycles. The molecule has 39 heavy (non-hydrogen) atoms. The summed E-state index contributed by atoms with van der Waals surface area (Å²) in [5, 5.41) is 5.72. The average Bonchev–Trinajstić information content (AvgIpc) is 3.36. The minimum atomic E-state index is -3.83.